The van der Waals surface area contributed by atoms with Crippen molar-refractivity contribution in [3.63, 3.8) is 0 Å². The van der Waals surface area contributed by atoms with Gasteiger partial charge in [0, 0.05) is 38.6 Å². The van der Waals surface area contributed by atoms with Gasteiger partial charge in [0.1, 0.15) is 11.2 Å². The maximum atomic E-state index is 6.31. The lowest BCUT2D eigenvalue weighted by molar-refractivity contribution is 0.669. The molecule has 0 saturated heterocycles. The number of rotatable bonds is 5. The summed E-state index contributed by atoms with van der Waals surface area (Å²) in [5.41, 5.74) is 20.9. The fourth-order valence-electron chi connectivity index (χ4n) is 11.4. The van der Waals surface area contributed by atoms with Crippen LogP contribution in [0.1, 0.15) is 22.3 Å². The van der Waals surface area contributed by atoms with Crippen molar-refractivity contribution in [3.8, 4) is 39.1 Å². The minimum absolute atomic E-state index is 0.477. The van der Waals surface area contributed by atoms with Crippen LogP contribution in [0.2, 0.25) is 0 Å². The summed E-state index contributed by atoms with van der Waals surface area (Å²) in [6, 6.07) is 84.5. The Kier molecular flexibility index (Phi) is 7.32. The molecule has 0 fully saturated rings. The molecular formula is C61H38N2O. The average molecular weight is 815 g/mol. The molecule has 1 aliphatic heterocycles. The Labute approximate surface area is 370 Å². The normalized spacial score (nSPS) is 14.6. The minimum atomic E-state index is -0.477. The van der Waals surface area contributed by atoms with Gasteiger partial charge < -0.3 is 13.9 Å². The van der Waals surface area contributed by atoms with Crippen molar-refractivity contribution in [2.45, 2.75) is 5.41 Å². The molecular weight excluding hydrogens is 777 g/mol. The molecule has 1 aliphatic carbocycles. The van der Waals surface area contributed by atoms with Gasteiger partial charge in [-0.05, 0) is 122 Å². The molecule has 1 unspecified atom stereocenters. The Morgan fingerprint density at radius 3 is 1.84 bits per heavy atom. The standard InChI is InChI=1S/C61H38N2O/c1-2-18-42(19-3-1)62(44-21-13-17-41(37-44)45-25-15-33-58-59(45)49-24-6-11-32-57(49)64-58)43-20-12-16-39(36-43)40-34-35-52-50(38-40)46-22-4-7-27-51(46)61(52)53-28-8-10-31-56(53)63-55-30-9-5-23-47(55)48-26-14-29-54(61)60(48)63/h1-38H. The first-order valence-corrected chi connectivity index (χ1v) is 22.1. The third-order valence-corrected chi connectivity index (χ3v) is 14.0. The summed E-state index contributed by atoms with van der Waals surface area (Å²) in [6.07, 6.45) is 0. The molecule has 298 valence electrons. The summed E-state index contributed by atoms with van der Waals surface area (Å²) < 4.78 is 8.82. The molecule has 14 rings (SSSR count). The monoisotopic (exact) mass is 814 g/mol. The molecule has 2 aromatic heterocycles. The average Bonchev–Trinajstić information content (AvgIpc) is 4.01. The van der Waals surface area contributed by atoms with Crippen molar-refractivity contribution in [2.24, 2.45) is 0 Å². The topological polar surface area (TPSA) is 21.3 Å². The van der Waals surface area contributed by atoms with Crippen molar-refractivity contribution in [1.82, 2.24) is 4.57 Å². The minimum Gasteiger partial charge on any atom is -0.456 e. The lowest BCUT2D eigenvalue weighted by atomic mass is 9.65. The summed E-state index contributed by atoms with van der Waals surface area (Å²) in [7, 11) is 0. The van der Waals surface area contributed by atoms with Crippen molar-refractivity contribution < 1.29 is 4.42 Å². The summed E-state index contributed by atoms with van der Waals surface area (Å²) in [5.74, 6) is 0. The molecule has 10 aromatic carbocycles. The van der Waals surface area contributed by atoms with E-state index in [9.17, 15) is 0 Å². The zero-order valence-electron chi connectivity index (χ0n) is 34.7. The quantitative estimate of drug-likeness (QED) is 0.173. The van der Waals surface area contributed by atoms with Crippen LogP contribution >= 0.6 is 0 Å². The lowest BCUT2D eigenvalue weighted by Gasteiger charge is -2.39. The highest BCUT2D eigenvalue weighted by molar-refractivity contribution is 6.14. The lowest BCUT2D eigenvalue weighted by Crippen LogP contribution is -2.33. The Hall–Kier alpha value is -8.40. The summed E-state index contributed by atoms with van der Waals surface area (Å²) in [5, 5.41) is 4.84. The van der Waals surface area contributed by atoms with E-state index in [1.165, 1.54) is 66.4 Å². The van der Waals surface area contributed by atoms with Crippen LogP contribution in [0.4, 0.5) is 17.1 Å². The van der Waals surface area contributed by atoms with Gasteiger partial charge in [0.05, 0.1) is 22.1 Å². The number of hydrogen-bond acceptors (Lipinski definition) is 2. The molecule has 1 spiro atoms. The van der Waals surface area contributed by atoms with Gasteiger partial charge in [-0.25, -0.2) is 0 Å². The first-order valence-electron chi connectivity index (χ1n) is 22.1. The van der Waals surface area contributed by atoms with Gasteiger partial charge in [0.15, 0.2) is 0 Å². The molecule has 0 amide bonds. The van der Waals surface area contributed by atoms with Crippen LogP contribution in [-0.4, -0.2) is 4.57 Å². The molecule has 3 heteroatoms. The predicted molar refractivity (Wildman–Crippen MR) is 264 cm³/mol. The smallest absolute Gasteiger partial charge is 0.136 e. The number of nitrogens with zero attached hydrogens (tertiary/aromatic N) is 2. The number of furan rings is 1. The second-order valence-electron chi connectivity index (χ2n) is 17.2. The second-order valence-corrected chi connectivity index (χ2v) is 17.2. The van der Waals surface area contributed by atoms with E-state index >= 15 is 0 Å². The Balaban J connectivity index is 0.935. The predicted octanol–water partition coefficient (Wildman–Crippen LogP) is 16.2. The molecule has 0 bridgehead atoms. The Morgan fingerprint density at radius 1 is 0.359 bits per heavy atom. The van der Waals surface area contributed by atoms with Gasteiger partial charge >= 0.3 is 0 Å². The van der Waals surface area contributed by atoms with Gasteiger partial charge in [0.2, 0.25) is 0 Å². The van der Waals surface area contributed by atoms with Crippen LogP contribution < -0.4 is 4.90 Å². The van der Waals surface area contributed by atoms with E-state index in [0.717, 1.165) is 55.7 Å². The van der Waals surface area contributed by atoms with Gasteiger partial charge in [0.25, 0.3) is 0 Å². The largest absolute Gasteiger partial charge is 0.456 e. The Morgan fingerprint density at radius 2 is 0.953 bits per heavy atom. The van der Waals surface area contributed by atoms with Crippen molar-refractivity contribution in [3.05, 3.63) is 253 Å². The number of benzene rings is 10. The maximum Gasteiger partial charge on any atom is 0.136 e. The van der Waals surface area contributed by atoms with Crippen molar-refractivity contribution in [1.29, 1.82) is 0 Å². The molecule has 0 radical (unpaired) electrons. The number of anilines is 3. The highest BCUT2D eigenvalue weighted by Gasteiger charge is 2.50. The van der Waals surface area contributed by atoms with Crippen LogP contribution in [0.3, 0.4) is 0 Å². The molecule has 3 heterocycles. The van der Waals surface area contributed by atoms with E-state index in [4.69, 9.17) is 4.42 Å². The van der Waals surface area contributed by atoms with E-state index in [2.05, 4.69) is 228 Å². The molecule has 0 N–H and O–H groups in total. The van der Waals surface area contributed by atoms with E-state index < -0.39 is 5.41 Å². The number of aromatic nitrogens is 1. The van der Waals surface area contributed by atoms with Crippen LogP contribution in [0.5, 0.6) is 0 Å². The zero-order valence-corrected chi connectivity index (χ0v) is 34.7. The molecule has 3 nitrogen and oxygen atoms in total. The van der Waals surface area contributed by atoms with Crippen LogP contribution in [-0.2, 0) is 5.41 Å². The molecule has 1 atom stereocenters. The third kappa shape index (κ3) is 4.76. The van der Waals surface area contributed by atoms with Crippen LogP contribution in [0, 0.1) is 0 Å². The highest BCUT2D eigenvalue weighted by Crippen LogP contribution is 2.61. The van der Waals surface area contributed by atoms with E-state index in [1.54, 1.807) is 0 Å². The number of para-hydroxylation sites is 5. The maximum absolute atomic E-state index is 6.31. The first kappa shape index (κ1) is 35.2. The molecule has 64 heavy (non-hydrogen) atoms. The fourth-order valence-corrected chi connectivity index (χ4v) is 11.4. The van der Waals surface area contributed by atoms with Crippen LogP contribution in [0.15, 0.2) is 235 Å². The SMILES string of the molecule is c1ccc(N(c2cccc(-c3ccc4c(c3)-c3ccccc3C43c4ccccc4-n4c5ccccc5c5cccc3c54)c2)c2cccc(-c3cccc4oc5ccccc5c34)c2)cc1. The van der Waals surface area contributed by atoms with Gasteiger partial charge in [-0.3, -0.25) is 0 Å². The molecule has 12 aromatic rings. The van der Waals surface area contributed by atoms with E-state index in [1.807, 2.05) is 12.1 Å². The summed E-state index contributed by atoms with van der Waals surface area (Å²) in [6.45, 7) is 0. The van der Waals surface area contributed by atoms with Gasteiger partial charge in [-0.2, -0.15) is 0 Å². The Bertz CT molecular complexity index is 3870. The highest BCUT2D eigenvalue weighted by atomic mass is 16.3. The van der Waals surface area contributed by atoms with E-state index in [0.29, 0.717) is 0 Å². The van der Waals surface area contributed by atoms with Crippen molar-refractivity contribution >= 4 is 60.8 Å². The summed E-state index contributed by atoms with van der Waals surface area (Å²) in [4.78, 5) is 2.37. The first-order chi connectivity index (χ1) is 31.8. The molecule has 2 aliphatic rings. The van der Waals surface area contributed by atoms with Crippen molar-refractivity contribution in [2.75, 3.05) is 4.90 Å². The number of hydrogen-bond donors (Lipinski definition) is 0. The van der Waals surface area contributed by atoms with Crippen LogP contribution in [0.25, 0.3) is 82.8 Å². The third-order valence-electron chi connectivity index (χ3n) is 14.0. The molecule has 0 saturated carbocycles. The second kappa shape index (κ2) is 13.3. The fraction of sp³-hybridized carbons (Fsp3) is 0.0164. The zero-order chi connectivity index (χ0) is 41.9. The number of fused-ring (bicyclic) bond motifs is 15. The van der Waals surface area contributed by atoms with Gasteiger partial charge in [-0.1, -0.05) is 164 Å². The van der Waals surface area contributed by atoms with E-state index in [-0.39, 0.29) is 0 Å². The van der Waals surface area contributed by atoms with Gasteiger partial charge in [-0.15, -0.1) is 0 Å². The summed E-state index contributed by atoms with van der Waals surface area (Å²) >= 11 is 0.